The molecule has 0 saturated heterocycles. The first-order chi connectivity index (χ1) is 11.7. The topological polar surface area (TPSA) is 76.5 Å². The second-order valence-corrected chi connectivity index (χ2v) is 5.95. The number of ether oxygens (including phenoxy) is 1. The van der Waals surface area contributed by atoms with Gasteiger partial charge in [0.15, 0.2) is 12.3 Å². The third kappa shape index (κ3) is 4.27. The minimum atomic E-state index is -0.500. The molecule has 0 saturated carbocycles. The zero-order valence-corrected chi connectivity index (χ0v) is 15.0. The Bertz CT molecular complexity index is 820. The van der Waals surface area contributed by atoms with Gasteiger partial charge >= 0.3 is 0 Å². The third-order valence-corrected chi connectivity index (χ3v) is 3.76. The minimum absolute atomic E-state index is 0.0637. The van der Waals surface area contributed by atoms with Crippen LogP contribution in [-0.4, -0.2) is 47.2 Å². The fourth-order valence-corrected chi connectivity index (χ4v) is 2.25. The quantitative estimate of drug-likeness (QED) is 0.878. The van der Waals surface area contributed by atoms with Crippen LogP contribution in [0.3, 0.4) is 0 Å². The lowest BCUT2D eigenvalue weighted by Gasteiger charge is -2.11. The maximum atomic E-state index is 13.0. The largest absolute Gasteiger partial charge is 0.482 e. The third-order valence-electron chi connectivity index (χ3n) is 3.46. The highest BCUT2D eigenvalue weighted by molar-refractivity contribution is 6.32. The van der Waals surface area contributed by atoms with Crippen LogP contribution in [0.4, 0.5) is 10.1 Å². The Hall–Kier alpha value is -2.61. The van der Waals surface area contributed by atoms with Gasteiger partial charge in [-0.3, -0.25) is 14.3 Å². The fourth-order valence-electron chi connectivity index (χ4n) is 2.03. The number of benzene rings is 1. The van der Waals surface area contributed by atoms with Crippen LogP contribution in [0.1, 0.15) is 16.2 Å². The molecule has 0 aliphatic rings. The maximum absolute atomic E-state index is 13.0. The summed E-state index contributed by atoms with van der Waals surface area (Å²) in [6.45, 7) is 1.38. The summed E-state index contributed by atoms with van der Waals surface area (Å²) in [4.78, 5) is 25.7. The molecule has 0 aliphatic carbocycles. The summed E-state index contributed by atoms with van der Waals surface area (Å²) in [5.41, 5.74) is 1.08. The molecule has 1 aromatic heterocycles. The molecule has 2 rings (SSSR count). The predicted octanol–water partition coefficient (Wildman–Crippen LogP) is 2.24. The summed E-state index contributed by atoms with van der Waals surface area (Å²) in [5, 5.41) is 6.82. The molecule has 0 unspecified atom stereocenters. The lowest BCUT2D eigenvalue weighted by atomic mass is 10.2. The molecule has 1 N–H and O–H groups in total. The molecule has 9 heteroatoms. The van der Waals surface area contributed by atoms with Crippen molar-refractivity contribution < 1.29 is 18.7 Å². The summed E-state index contributed by atoms with van der Waals surface area (Å²) in [6, 6.07) is 3.60. The van der Waals surface area contributed by atoms with E-state index in [0.29, 0.717) is 11.4 Å². The zero-order valence-electron chi connectivity index (χ0n) is 14.3. The van der Waals surface area contributed by atoms with Crippen molar-refractivity contribution in [2.24, 2.45) is 7.05 Å². The van der Waals surface area contributed by atoms with Gasteiger partial charge in [0.25, 0.3) is 11.8 Å². The van der Waals surface area contributed by atoms with Crippen molar-refractivity contribution in [2.45, 2.75) is 6.92 Å². The molecule has 2 amide bonds. The molecule has 1 aromatic carbocycles. The number of aryl methyl sites for hydroxylation is 1. The van der Waals surface area contributed by atoms with Gasteiger partial charge in [0.1, 0.15) is 11.6 Å². The van der Waals surface area contributed by atoms with E-state index in [1.165, 1.54) is 21.7 Å². The van der Waals surface area contributed by atoms with E-state index in [1.54, 1.807) is 28.1 Å². The van der Waals surface area contributed by atoms with Crippen LogP contribution < -0.4 is 10.1 Å². The smallest absolute Gasteiger partial charge is 0.276 e. The van der Waals surface area contributed by atoms with Gasteiger partial charge in [-0.1, -0.05) is 11.6 Å². The number of anilines is 1. The normalized spacial score (nSPS) is 10.5. The van der Waals surface area contributed by atoms with E-state index in [-0.39, 0.29) is 29.0 Å². The van der Waals surface area contributed by atoms with Gasteiger partial charge in [-0.15, -0.1) is 0 Å². The van der Waals surface area contributed by atoms with E-state index in [4.69, 9.17) is 16.3 Å². The molecule has 0 radical (unpaired) electrons. The molecule has 2 aromatic rings. The van der Waals surface area contributed by atoms with Crippen LogP contribution in [0, 0.1) is 12.7 Å². The number of aromatic nitrogens is 2. The van der Waals surface area contributed by atoms with Crippen molar-refractivity contribution in [1.29, 1.82) is 0 Å². The Morgan fingerprint density at radius 3 is 2.68 bits per heavy atom. The Labute approximate surface area is 149 Å². The number of carbonyl (C=O) groups is 2. The number of amides is 2. The van der Waals surface area contributed by atoms with E-state index in [0.717, 1.165) is 6.07 Å². The van der Waals surface area contributed by atoms with E-state index in [2.05, 4.69) is 10.4 Å². The van der Waals surface area contributed by atoms with Crippen LogP contribution in [0.5, 0.6) is 5.75 Å². The average Bonchev–Trinajstić information content (AvgIpc) is 2.81. The first-order valence-corrected chi connectivity index (χ1v) is 7.71. The van der Waals surface area contributed by atoms with Crippen molar-refractivity contribution in [2.75, 3.05) is 26.0 Å². The summed E-state index contributed by atoms with van der Waals surface area (Å²) in [6.07, 6.45) is 0. The van der Waals surface area contributed by atoms with Gasteiger partial charge in [0, 0.05) is 21.1 Å². The van der Waals surface area contributed by atoms with Crippen molar-refractivity contribution in [3.05, 3.63) is 40.4 Å². The fraction of sp³-hybridized carbons (Fsp3) is 0.312. The number of rotatable bonds is 5. The molecule has 0 bridgehead atoms. The van der Waals surface area contributed by atoms with E-state index < -0.39 is 11.7 Å². The molecule has 0 atom stereocenters. The van der Waals surface area contributed by atoms with E-state index in [9.17, 15) is 14.0 Å². The molecule has 134 valence electrons. The van der Waals surface area contributed by atoms with Crippen LogP contribution >= 0.6 is 11.6 Å². The number of nitrogens with zero attached hydrogens (tertiary/aromatic N) is 3. The van der Waals surface area contributed by atoms with Crippen molar-refractivity contribution in [1.82, 2.24) is 14.7 Å². The first-order valence-electron chi connectivity index (χ1n) is 7.33. The zero-order chi connectivity index (χ0) is 18.7. The average molecular weight is 369 g/mol. The Morgan fingerprint density at radius 2 is 2.08 bits per heavy atom. The highest BCUT2D eigenvalue weighted by Gasteiger charge is 2.22. The summed E-state index contributed by atoms with van der Waals surface area (Å²) < 4.78 is 19.8. The Morgan fingerprint density at radius 1 is 1.40 bits per heavy atom. The van der Waals surface area contributed by atoms with Gasteiger partial charge in [0.05, 0.1) is 16.4 Å². The molecule has 0 aliphatic heterocycles. The summed E-state index contributed by atoms with van der Waals surface area (Å²) >= 11 is 5.84. The van der Waals surface area contributed by atoms with Crippen LogP contribution in [0.15, 0.2) is 18.2 Å². The standard InChI is InChI=1S/C16H18ClFN4O3/c1-9-14(15(20-22(9)4)16(24)21(2)3)19-13(23)8-25-12-6-5-10(18)7-11(12)17/h5-7H,8H2,1-4H3,(H,19,23). The number of halogens is 2. The molecular weight excluding hydrogens is 351 g/mol. The second-order valence-electron chi connectivity index (χ2n) is 5.54. The van der Waals surface area contributed by atoms with Gasteiger partial charge in [-0.2, -0.15) is 5.10 Å². The SMILES string of the molecule is Cc1c(NC(=O)COc2ccc(F)cc2Cl)c(C(=O)N(C)C)nn1C. The van der Waals surface area contributed by atoms with Crippen LogP contribution in [0.2, 0.25) is 5.02 Å². The summed E-state index contributed by atoms with van der Waals surface area (Å²) in [7, 11) is 4.86. The maximum Gasteiger partial charge on any atom is 0.276 e. The van der Waals surface area contributed by atoms with Gasteiger partial charge in [-0.25, -0.2) is 4.39 Å². The first kappa shape index (κ1) is 18.7. The van der Waals surface area contributed by atoms with Crippen molar-refractivity contribution in [3.63, 3.8) is 0 Å². The highest BCUT2D eigenvalue weighted by atomic mass is 35.5. The minimum Gasteiger partial charge on any atom is -0.482 e. The van der Waals surface area contributed by atoms with Crippen molar-refractivity contribution >= 4 is 29.1 Å². The second kappa shape index (κ2) is 7.52. The number of hydrogen-bond acceptors (Lipinski definition) is 4. The van der Waals surface area contributed by atoms with Gasteiger partial charge in [0.2, 0.25) is 0 Å². The lowest BCUT2D eigenvalue weighted by Crippen LogP contribution is -2.26. The molecule has 25 heavy (non-hydrogen) atoms. The highest BCUT2D eigenvalue weighted by Crippen LogP contribution is 2.25. The summed E-state index contributed by atoms with van der Waals surface area (Å²) in [5.74, 6) is -1.14. The molecule has 1 heterocycles. The van der Waals surface area contributed by atoms with Crippen LogP contribution in [-0.2, 0) is 11.8 Å². The van der Waals surface area contributed by atoms with Crippen molar-refractivity contribution in [3.8, 4) is 5.75 Å². The van der Waals surface area contributed by atoms with Gasteiger partial charge in [-0.05, 0) is 25.1 Å². The van der Waals surface area contributed by atoms with Crippen LogP contribution in [0.25, 0.3) is 0 Å². The monoisotopic (exact) mass is 368 g/mol. The number of hydrogen-bond donors (Lipinski definition) is 1. The predicted molar refractivity (Wildman–Crippen MR) is 91.5 cm³/mol. The lowest BCUT2D eigenvalue weighted by molar-refractivity contribution is -0.118. The number of carbonyl (C=O) groups excluding carboxylic acids is 2. The molecule has 0 spiro atoms. The molecule has 0 fully saturated rings. The Balaban J connectivity index is 2.11. The van der Waals surface area contributed by atoms with E-state index >= 15 is 0 Å². The number of nitrogens with one attached hydrogen (secondary N) is 1. The Kier molecular flexibility index (Phi) is 5.63. The molecule has 7 nitrogen and oxygen atoms in total. The molecular formula is C16H18ClFN4O3. The van der Waals surface area contributed by atoms with E-state index in [1.807, 2.05) is 0 Å². The van der Waals surface area contributed by atoms with Gasteiger partial charge < -0.3 is 15.0 Å².